The largest absolute Gasteiger partial charge is 0.497 e. The van der Waals surface area contributed by atoms with Gasteiger partial charge in [-0.05, 0) is 56.6 Å². The number of H-pyrrole nitrogens is 1. The van der Waals surface area contributed by atoms with Crippen molar-refractivity contribution in [2.24, 2.45) is 0 Å². The first kappa shape index (κ1) is 20.8. The van der Waals surface area contributed by atoms with E-state index in [-0.39, 0.29) is 11.8 Å². The molecule has 2 aromatic rings. The van der Waals surface area contributed by atoms with E-state index in [0.29, 0.717) is 11.3 Å². The summed E-state index contributed by atoms with van der Waals surface area (Å²) in [6, 6.07) is 5.57. The van der Waals surface area contributed by atoms with Crippen molar-refractivity contribution in [1.29, 1.82) is 0 Å². The van der Waals surface area contributed by atoms with Crippen LogP contribution in [0, 0.1) is 6.92 Å². The van der Waals surface area contributed by atoms with Crippen LogP contribution in [0.15, 0.2) is 18.2 Å². The zero-order valence-electron chi connectivity index (χ0n) is 18.8. The number of likely N-dealkylation sites (tertiary alicyclic amines) is 1. The molecular formula is C25H30N4O3. The van der Waals surface area contributed by atoms with Crippen LogP contribution in [0.5, 0.6) is 5.75 Å². The Bertz CT molecular complexity index is 1090. The molecule has 0 saturated carbocycles. The van der Waals surface area contributed by atoms with E-state index in [1.54, 1.807) is 7.11 Å². The minimum absolute atomic E-state index is 0.0997. The van der Waals surface area contributed by atoms with Crippen LogP contribution in [0.2, 0.25) is 0 Å². The molecule has 3 aliphatic heterocycles. The van der Waals surface area contributed by atoms with Crippen molar-refractivity contribution in [3.8, 4) is 5.75 Å². The summed E-state index contributed by atoms with van der Waals surface area (Å²) >= 11 is 0. The molecule has 4 heterocycles. The second-order valence-corrected chi connectivity index (χ2v) is 8.89. The quantitative estimate of drug-likeness (QED) is 0.708. The minimum atomic E-state index is -0.144. The molecule has 3 aliphatic rings. The summed E-state index contributed by atoms with van der Waals surface area (Å²) in [7, 11) is 1.61. The van der Waals surface area contributed by atoms with Crippen molar-refractivity contribution >= 4 is 29.2 Å². The number of nitrogens with one attached hydrogen (secondary N) is 2. The van der Waals surface area contributed by atoms with Gasteiger partial charge in [-0.3, -0.25) is 9.59 Å². The summed E-state index contributed by atoms with van der Waals surface area (Å²) in [6.45, 7) is 6.71. The van der Waals surface area contributed by atoms with E-state index in [4.69, 9.17) is 4.74 Å². The molecule has 1 fully saturated rings. The van der Waals surface area contributed by atoms with Crippen LogP contribution in [0.3, 0.4) is 0 Å². The van der Waals surface area contributed by atoms with E-state index in [2.05, 4.69) is 15.2 Å². The van der Waals surface area contributed by atoms with Gasteiger partial charge in [0, 0.05) is 49.1 Å². The molecule has 1 aromatic heterocycles. The fraction of sp³-hybridized carbons (Fsp3) is 0.440. The highest BCUT2D eigenvalue weighted by Crippen LogP contribution is 2.36. The fourth-order valence-electron chi connectivity index (χ4n) is 5.05. The van der Waals surface area contributed by atoms with Gasteiger partial charge in [-0.15, -0.1) is 0 Å². The van der Waals surface area contributed by atoms with Crippen molar-refractivity contribution < 1.29 is 14.3 Å². The number of ether oxygens (including phenoxy) is 1. The average Bonchev–Trinajstić information content (AvgIpc) is 3.30. The number of hydrogen-bond acceptors (Lipinski definition) is 4. The molecular weight excluding hydrogens is 404 g/mol. The van der Waals surface area contributed by atoms with Crippen molar-refractivity contribution in [3.63, 3.8) is 0 Å². The number of benzene rings is 1. The Kier molecular flexibility index (Phi) is 5.51. The molecule has 0 unspecified atom stereocenters. The predicted octanol–water partition coefficient (Wildman–Crippen LogP) is 3.31. The molecule has 1 aromatic carbocycles. The summed E-state index contributed by atoms with van der Waals surface area (Å²) in [5.41, 5.74) is 5.67. The molecule has 7 heteroatoms. The lowest BCUT2D eigenvalue weighted by atomic mass is 10.0. The number of methoxy groups -OCH3 is 1. The first-order valence-electron chi connectivity index (χ1n) is 11.5. The van der Waals surface area contributed by atoms with Gasteiger partial charge in [0.05, 0.1) is 23.9 Å². The highest BCUT2D eigenvalue weighted by molar-refractivity contribution is 6.35. The summed E-state index contributed by atoms with van der Waals surface area (Å²) in [5.74, 6) is 0.657. The molecule has 168 valence electrons. The lowest BCUT2D eigenvalue weighted by molar-refractivity contribution is -0.110. The molecule has 7 nitrogen and oxygen atoms in total. The zero-order valence-corrected chi connectivity index (χ0v) is 18.8. The van der Waals surface area contributed by atoms with Gasteiger partial charge < -0.3 is 24.8 Å². The molecule has 5 rings (SSSR count). The van der Waals surface area contributed by atoms with Crippen LogP contribution in [-0.2, 0) is 11.2 Å². The Balaban J connectivity index is 1.38. The number of anilines is 1. The van der Waals surface area contributed by atoms with Crippen molar-refractivity contribution in [1.82, 2.24) is 14.8 Å². The first-order chi connectivity index (χ1) is 15.5. The number of piperidine rings is 1. The second-order valence-electron chi connectivity index (χ2n) is 8.89. The van der Waals surface area contributed by atoms with Gasteiger partial charge in [0.1, 0.15) is 5.75 Å². The number of aromatic nitrogens is 1. The Morgan fingerprint density at radius 3 is 2.69 bits per heavy atom. The van der Waals surface area contributed by atoms with Crippen LogP contribution in [0.4, 0.5) is 5.69 Å². The van der Waals surface area contributed by atoms with E-state index < -0.39 is 0 Å². The van der Waals surface area contributed by atoms with Crippen LogP contribution in [0.1, 0.15) is 52.1 Å². The van der Waals surface area contributed by atoms with Gasteiger partial charge in [-0.1, -0.05) is 6.42 Å². The average molecular weight is 435 g/mol. The second kappa shape index (κ2) is 8.47. The van der Waals surface area contributed by atoms with Gasteiger partial charge in [-0.25, -0.2) is 0 Å². The number of rotatable bonds is 5. The fourth-order valence-corrected chi connectivity index (χ4v) is 5.05. The number of nitrogens with zero attached hydrogens (tertiary/aromatic N) is 2. The van der Waals surface area contributed by atoms with Gasteiger partial charge in [-0.2, -0.15) is 0 Å². The number of hydrogen-bond donors (Lipinski definition) is 2. The molecule has 0 radical (unpaired) electrons. The maximum absolute atomic E-state index is 13.3. The molecule has 0 aliphatic carbocycles. The molecule has 1 saturated heterocycles. The zero-order chi connectivity index (χ0) is 22.2. The third-order valence-electron chi connectivity index (χ3n) is 6.93. The summed E-state index contributed by atoms with van der Waals surface area (Å²) < 4.78 is 5.26. The normalized spacial score (nSPS) is 19.8. The molecule has 2 N–H and O–H groups in total. The molecule has 2 amide bonds. The predicted molar refractivity (Wildman–Crippen MR) is 125 cm³/mol. The SMILES string of the molecule is COc1ccc2c(c1)NC(=O)C2=Cc1[nH]c2c(c1C)C(=O)N(CCN1CCCCC1)CC2. The van der Waals surface area contributed by atoms with E-state index in [1.807, 2.05) is 36.1 Å². The van der Waals surface area contributed by atoms with Crippen LogP contribution in [0.25, 0.3) is 11.6 Å². The van der Waals surface area contributed by atoms with Gasteiger partial charge >= 0.3 is 0 Å². The van der Waals surface area contributed by atoms with E-state index in [1.165, 1.54) is 19.3 Å². The van der Waals surface area contributed by atoms with Crippen molar-refractivity contribution in [2.45, 2.75) is 32.6 Å². The highest BCUT2D eigenvalue weighted by atomic mass is 16.5. The van der Waals surface area contributed by atoms with Gasteiger partial charge in [0.25, 0.3) is 11.8 Å². The Labute approximate surface area is 188 Å². The molecule has 32 heavy (non-hydrogen) atoms. The van der Waals surface area contributed by atoms with Gasteiger partial charge in [0.2, 0.25) is 0 Å². The number of aromatic amines is 1. The Morgan fingerprint density at radius 1 is 1.09 bits per heavy atom. The Hall–Kier alpha value is -3.06. The highest BCUT2D eigenvalue weighted by Gasteiger charge is 2.30. The van der Waals surface area contributed by atoms with Gasteiger partial charge in [0.15, 0.2) is 0 Å². The minimum Gasteiger partial charge on any atom is -0.497 e. The van der Waals surface area contributed by atoms with E-state index >= 15 is 0 Å². The van der Waals surface area contributed by atoms with E-state index in [9.17, 15) is 9.59 Å². The maximum atomic E-state index is 13.3. The third-order valence-corrected chi connectivity index (χ3v) is 6.93. The summed E-state index contributed by atoms with van der Waals surface area (Å²) in [6.07, 6.45) is 6.52. The van der Waals surface area contributed by atoms with Crippen LogP contribution in [-0.4, -0.2) is 66.4 Å². The number of fused-ring (bicyclic) bond motifs is 2. The lowest BCUT2D eigenvalue weighted by Crippen LogP contribution is -2.43. The summed E-state index contributed by atoms with van der Waals surface area (Å²) in [4.78, 5) is 33.8. The lowest BCUT2D eigenvalue weighted by Gasteiger charge is -2.32. The molecule has 0 bridgehead atoms. The smallest absolute Gasteiger partial charge is 0.256 e. The van der Waals surface area contributed by atoms with Crippen LogP contribution < -0.4 is 10.1 Å². The number of carbonyl (C=O) groups excluding carboxylic acids is 2. The van der Waals surface area contributed by atoms with Crippen molar-refractivity contribution in [2.75, 3.05) is 45.2 Å². The standard InChI is InChI=1S/C25H30N4O3/c1-16-21(15-19-18-7-6-17(32-2)14-22(18)27-24(19)30)26-20-8-11-29(25(31)23(16)20)13-12-28-9-4-3-5-10-28/h6-7,14-15,26H,3-5,8-13H2,1-2H3,(H,27,30). The van der Waals surface area contributed by atoms with E-state index in [0.717, 1.165) is 72.9 Å². The monoisotopic (exact) mass is 434 g/mol. The third kappa shape index (κ3) is 3.71. The molecule has 0 spiro atoms. The maximum Gasteiger partial charge on any atom is 0.256 e. The summed E-state index contributed by atoms with van der Waals surface area (Å²) in [5, 5.41) is 2.91. The molecule has 0 atom stereocenters. The number of amides is 2. The van der Waals surface area contributed by atoms with Crippen molar-refractivity contribution in [3.05, 3.63) is 46.3 Å². The Morgan fingerprint density at radius 2 is 1.91 bits per heavy atom. The topological polar surface area (TPSA) is 77.7 Å². The first-order valence-corrected chi connectivity index (χ1v) is 11.5. The van der Waals surface area contributed by atoms with Crippen LogP contribution >= 0.6 is 0 Å². The number of carbonyl (C=O) groups is 2.